The molecule has 6 N–H and O–H groups in total. The number of halogens is 1. The molecule has 172 valence electrons. The lowest BCUT2D eigenvalue weighted by atomic mass is 10.1. The third-order valence-corrected chi connectivity index (χ3v) is 5.74. The Labute approximate surface area is 189 Å². The minimum absolute atomic E-state index is 0.200. The first kappa shape index (κ1) is 22.3. The maximum absolute atomic E-state index is 13.8. The van der Waals surface area contributed by atoms with Crippen LogP contribution in [0.4, 0.5) is 19.7 Å². The van der Waals surface area contributed by atoms with E-state index in [1.54, 1.807) is 42.5 Å². The van der Waals surface area contributed by atoms with Crippen LogP contribution in [0.5, 0.6) is 0 Å². The van der Waals surface area contributed by atoms with Crippen molar-refractivity contribution in [3.8, 4) is 0 Å². The van der Waals surface area contributed by atoms with Crippen LogP contribution >= 0.6 is 0 Å². The largest absolute Gasteiger partial charge is 0.354 e. The highest BCUT2D eigenvalue weighted by Crippen LogP contribution is 2.27. The number of likely N-dealkylation sites (tertiary alicyclic amines) is 1. The van der Waals surface area contributed by atoms with Crippen LogP contribution in [0.1, 0.15) is 12.0 Å². The third kappa shape index (κ3) is 4.65. The van der Waals surface area contributed by atoms with Gasteiger partial charge < -0.3 is 27.0 Å². The lowest BCUT2D eigenvalue weighted by molar-refractivity contribution is -0.124. The molecule has 1 aromatic heterocycles. The fourth-order valence-corrected chi connectivity index (χ4v) is 4.13. The van der Waals surface area contributed by atoms with Crippen molar-refractivity contribution in [1.29, 1.82) is 0 Å². The molecule has 2 aromatic carbocycles. The number of nitrogens with one attached hydrogen (secondary N) is 2. The fourth-order valence-electron chi connectivity index (χ4n) is 4.13. The summed E-state index contributed by atoms with van der Waals surface area (Å²) in [7, 11) is 0. The molecule has 9 nitrogen and oxygen atoms in total. The number of anilines is 1. The number of benzene rings is 2. The topological polar surface area (TPSA) is 135 Å². The van der Waals surface area contributed by atoms with Gasteiger partial charge in [-0.2, -0.15) is 0 Å². The zero-order valence-corrected chi connectivity index (χ0v) is 17.8. The Balaban J connectivity index is 1.45. The van der Waals surface area contributed by atoms with Crippen molar-refractivity contribution in [2.45, 2.75) is 24.9 Å². The number of rotatable bonds is 5. The van der Waals surface area contributed by atoms with Crippen molar-refractivity contribution in [2.75, 3.05) is 18.4 Å². The van der Waals surface area contributed by atoms with Crippen LogP contribution in [0.25, 0.3) is 10.9 Å². The van der Waals surface area contributed by atoms with E-state index in [-0.39, 0.29) is 30.9 Å². The molecule has 0 saturated carbocycles. The van der Waals surface area contributed by atoms with Crippen LogP contribution < -0.4 is 22.1 Å². The summed E-state index contributed by atoms with van der Waals surface area (Å²) >= 11 is 0. The maximum Gasteiger partial charge on any atom is 0.323 e. The van der Waals surface area contributed by atoms with Gasteiger partial charge in [-0.3, -0.25) is 9.36 Å². The molecule has 4 amide bonds. The Morgan fingerprint density at radius 1 is 1.09 bits per heavy atom. The highest BCUT2D eigenvalue weighted by molar-refractivity contribution is 6.05. The minimum atomic E-state index is -0.759. The normalized spacial score (nSPS) is 17.8. The number of urea groups is 1. The molecule has 2 heterocycles. The van der Waals surface area contributed by atoms with Gasteiger partial charge in [0, 0.05) is 30.7 Å². The van der Waals surface area contributed by atoms with Gasteiger partial charge in [-0.15, -0.1) is 0 Å². The summed E-state index contributed by atoms with van der Waals surface area (Å²) in [5, 5.41) is 6.18. The number of fused-ring (bicyclic) bond motifs is 1. The molecule has 33 heavy (non-hydrogen) atoms. The van der Waals surface area contributed by atoms with Gasteiger partial charge in [0.05, 0.1) is 11.2 Å². The zero-order valence-electron chi connectivity index (χ0n) is 17.8. The predicted molar refractivity (Wildman–Crippen MR) is 122 cm³/mol. The molecule has 0 bridgehead atoms. The second kappa shape index (κ2) is 9.29. The number of primary amides is 1. The van der Waals surface area contributed by atoms with E-state index in [2.05, 4.69) is 10.6 Å². The van der Waals surface area contributed by atoms with E-state index >= 15 is 0 Å². The van der Waals surface area contributed by atoms with Crippen molar-refractivity contribution >= 4 is 34.6 Å². The van der Waals surface area contributed by atoms with Crippen molar-refractivity contribution in [2.24, 2.45) is 11.5 Å². The molecule has 0 unspecified atom stereocenters. The fraction of sp³-hybridized carbons (Fsp3) is 0.261. The van der Waals surface area contributed by atoms with Gasteiger partial charge in [0.2, 0.25) is 5.91 Å². The lowest BCUT2D eigenvalue weighted by Crippen LogP contribution is -2.47. The Bertz CT molecular complexity index is 1210. The average Bonchev–Trinajstić information content (AvgIpc) is 3.36. The van der Waals surface area contributed by atoms with E-state index in [9.17, 15) is 18.8 Å². The Morgan fingerprint density at radius 2 is 1.82 bits per heavy atom. The third-order valence-electron chi connectivity index (χ3n) is 5.74. The molecule has 0 aliphatic carbocycles. The molecule has 1 aliphatic heterocycles. The van der Waals surface area contributed by atoms with E-state index < -0.39 is 18.1 Å². The number of hydrogen-bond acceptors (Lipinski definition) is 4. The monoisotopic (exact) mass is 452 g/mol. The van der Waals surface area contributed by atoms with Crippen molar-refractivity contribution < 1.29 is 18.8 Å². The first-order valence-corrected chi connectivity index (χ1v) is 10.6. The van der Waals surface area contributed by atoms with E-state index in [0.29, 0.717) is 35.0 Å². The second-order valence-electron chi connectivity index (χ2n) is 7.99. The molecule has 10 heteroatoms. The highest BCUT2D eigenvalue weighted by Gasteiger charge is 2.38. The van der Waals surface area contributed by atoms with E-state index in [4.69, 9.17) is 11.5 Å². The number of para-hydroxylation sites is 1. The van der Waals surface area contributed by atoms with Gasteiger partial charge in [0.25, 0.3) is 0 Å². The SMILES string of the molecule is NC(=O)n1cc(NC(=O)N2C[C@@H](N)C[C@H]2C(=O)NCCc2ccccc2F)c2ccccc21. The Morgan fingerprint density at radius 3 is 2.58 bits per heavy atom. The van der Waals surface area contributed by atoms with Crippen LogP contribution in [0.3, 0.4) is 0 Å². The first-order valence-electron chi connectivity index (χ1n) is 10.6. The van der Waals surface area contributed by atoms with Crippen LogP contribution in [0, 0.1) is 5.82 Å². The number of hydrogen-bond donors (Lipinski definition) is 4. The summed E-state index contributed by atoms with van der Waals surface area (Å²) in [6.07, 6.45) is 2.09. The molecule has 1 saturated heterocycles. The van der Waals surface area contributed by atoms with E-state index in [0.717, 1.165) is 0 Å². The summed E-state index contributed by atoms with van der Waals surface area (Å²) in [6.45, 7) is 0.429. The molecule has 3 aromatic rings. The van der Waals surface area contributed by atoms with Crippen LogP contribution in [0.2, 0.25) is 0 Å². The second-order valence-corrected chi connectivity index (χ2v) is 7.99. The van der Waals surface area contributed by atoms with Gasteiger partial charge in [-0.1, -0.05) is 36.4 Å². The smallest absolute Gasteiger partial charge is 0.323 e. The molecule has 2 atom stereocenters. The van der Waals surface area contributed by atoms with E-state index in [1.165, 1.54) is 21.7 Å². The average molecular weight is 452 g/mol. The molecule has 1 fully saturated rings. The van der Waals surface area contributed by atoms with Gasteiger partial charge in [-0.05, 0) is 30.5 Å². The van der Waals surface area contributed by atoms with E-state index in [1.807, 2.05) is 0 Å². The maximum atomic E-state index is 13.8. The van der Waals surface area contributed by atoms with Gasteiger partial charge in [0.15, 0.2) is 0 Å². The van der Waals surface area contributed by atoms with Crippen molar-refractivity contribution in [3.05, 3.63) is 66.1 Å². The number of nitrogens with zero attached hydrogens (tertiary/aromatic N) is 2. The number of amides is 4. The van der Waals surface area contributed by atoms with Gasteiger partial charge >= 0.3 is 12.1 Å². The zero-order chi connectivity index (χ0) is 23.5. The van der Waals surface area contributed by atoms with Crippen LogP contribution in [0.15, 0.2) is 54.7 Å². The molecule has 1 aliphatic rings. The number of carbonyl (C=O) groups is 3. The summed E-state index contributed by atoms with van der Waals surface area (Å²) in [6, 6.07) is 11.1. The molecule has 0 radical (unpaired) electrons. The Kier molecular flexibility index (Phi) is 6.27. The lowest BCUT2D eigenvalue weighted by Gasteiger charge is -2.24. The number of carbonyl (C=O) groups excluding carboxylic acids is 3. The number of aromatic nitrogens is 1. The van der Waals surface area contributed by atoms with Crippen molar-refractivity contribution in [1.82, 2.24) is 14.8 Å². The van der Waals surface area contributed by atoms with Gasteiger partial charge in [-0.25, -0.2) is 14.0 Å². The quantitative estimate of drug-likeness (QED) is 0.471. The molecule has 0 spiro atoms. The highest BCUT2D eigenvalue weighted by atomic mass is 19.1. The Hall–Kier alpha value is -3.92. The molecular weight excluding hydrogens is 427 g/mol. The summed E-state index contributed by atoms with van der Waals surface area (Å²) in [5.41, 5.74) is 12.9. The summed E-state index contributed by atoms with van der Waals surface area (Å²) in [5.74, 6) is -0.681. The molecular formula is C23H25FN6O3. The predicted octanol–water partition coefficient (Wildman–Crippen LogP) is 2.00. The van der Waals surface area contributed by atoms with Gasteiger partial charge in [0.1, 0.15) is 11.9 Å². The summed E-state index contributed by atoms with van der Waals surface area (Å²) in [4.78, 5) is 39.0. The standard InChI is InChI=1S/C23H25FN6O3/c24-17-7-3-1-5-14(17)9-10-27-21(31)20-11-15(25)12-30(20)23(33)28-18-13-29(22(26)32)19-8-4-2-6-16(18)19/h1-8,13,15,20H,9-12,25H2,(H2,26,32)(H,27,31)(H,28,33)/t15-,20-/m0/s1. The summed E-state index contributed by atoms with van der Waals surface area (Å²) < 4.78 is 15.0. The van der Waals surface area contributed by atoms with Crippen molar-refractivity contribution in [3.63, 3.8) is 0 Å². The molecule has 4 rings (SSSR count). The van der Waals surface area contributed by atoms with Crippen LogP contribution in [-0.4, -0.2) is 52.6 Å². The number of nitrogens with two attached hydrogens (primary N) is 2. The minimum Gasteiger partial charge on any atom is -0.354 e. The first-order chi connectivity index (χ1) is 15.8. The van der Waals surface area contributed by atoms with Crippen LogP contribution in [-0.2, 0) is 11.2 Å².